The van der Waals surface area contributed by atoms with Crippen LogP contribution in [0.3, 0.4) is 0 Å². The molecule has 2 heterocycles. The van der Waals surface area contributed by atoms with E-state index in [1.807, 2.05) is 13.8 Å². The van der Waals surface area contributed by atoms with Crippen LogP contribution >= 0.6 is 11.3 Å². The number of carbonyl (C=O) groups is 1. The van der Waals surface area contributed by atoms with Crippen LogP contribution in [0.2, 0.25) is 0 Å². The fourth-order valence-corrected chi connectivity index (χ4v) is 3.47. The molecule has 1 unspecified atom stereocenters. The minimum atomic E-state index is -1.09. The molecule has 0 saturated heterocycles. The van der Waals surface area contributed by atoms with Crippen LogP contribution in [0.4, 0.5) is 14.5 Å². The number of fused-ring (bicyclic) bond motifs is 1. The smallest absolute Gasteiger partial charge is 0.249 e. The van der Waals surface area contributed by atoms with Crippen molar-refractivity contribution in [3.8, 4) is 0 Å². The van der Waals surface area contributed by atoms with Crippen molar-refractivity contribution in [3.05, 3.63) is 44.9 Å². The highest BCUT2D eigenvalue weighted by Crippen LogP contribution is 2.38. The SMILES string of the molecule is Cc1nc(C)c(CN2C(=O)C(N)c3c(F)cc(F)cc32)s1. The van der Waals surface area contributed by atoms with Crippen molar-refractivity contribution in [3.63, 3.8) is 0 Å². The summed E-state index contributed by atoms with van der Waals surface area (Å²) in [4.78, 5) is 18.7. The van der Waals surface area contributed by atoms with Crippen LogP contribution in [-0.4, -0.2) is 10.9 Å². The number of nitrogens with two attached hydrogens (primary N) is 1. The number of thiazole rings is 1. The molecule has 1 aliphatic rings. The molecule has 2 aromatic rings. The van der Waals surface area contributed by atoms with Gasteiger partial charge in [-0.2, -0.15) is 0 Å². The molecule has 1 atom stereocenters. The number of anilines is 1. The van der Waals surface area contributed by atoms with E-state index in [1.54, 1.807) is 0 Å². The van der Waals surface area contributed by atoms with Gasteiger partial charge in [-0.25, -0.2) is 13.8 Å². The normalized spacial score (nSPS) is 17.5. The molecule has 0 fully saturated rings. The quantitative estimate of drug-likeness (QED) is 0.927. The molecule has 2 N–H and O–H groups in total. The molecule has 3 rings (SSSR count). The predicted molar refractivity (Wildman–Crippen MR) is 76.1 cm³/mol. The van der Waals surface area contributed by atoms with Gasteiger partial charge in [0.05, 0.1) is 22.9 Å². The first-order chi connectivity index (χ1) is 9.88. The van der Waals surface area contributed by atoms with Crippen molar-refractivity contribution in [1.82, 2.24) is 4.98 Å². The first-order valence-corrected chi connectivity index (χ1v) is 7.19. The third kappa shape index (κ3) is 2.22. The molecular weight excluding hydrogens is 296 g/mol. The van der Waals surface area contributed by atoms with Gasteiger partial charge in [0.2, 0.25) is 5.91 Å². The van der Waals surface area contributed by atoms with Gasteiger partial charge in [0.15, 0.2) is 0 Å². The second-order valence-corrected chi connectivity index (χ2v) is 6.25. The first-order valence-electron chi connectivity index (χ1n) is 6.37. The summed E-state index contributed by atoms with van der Waals surface area (Å²) in [6.45, 7) is 3.93. The minimum Gasteiger partial charge on any atom is -0.316 e. The van der Waals surface area contributed by atoms with Gasteiger partial charge in [0.25, 0.3) is 0 Å². The van der Waals surface area contributed by atoms with E-state index in [9.17, 15) is 13.6 Å². The fourth-order valence-electron chi connectivity index (χ4n) is 2.54. The fraction of sp³-hybridized carbons (Fsp3) is 0.286. The Morgan fingerprint density at radius 3 is 2.71 bits per heavy atom. The summed E-state index contributed by atoms with van der Waals surface area (Å²) in [5, 5.41) is 0.879. The molecule has 1 aromatic heterocycles. The van der Waals surface area contributed by atoms with E-state index in [0.717, 1.165) is 27.7 Å². The predicted octanol–water partition coefficient (Wildman–Crippen LogP) is 2.58. The van der Waals surface area contributed by atoms with Crippen LogP contribution < -0.4 is 10.6 Å². The summed E-state index contributed by atoms with van der Waals surface area (Å²) in [6, 6.07) is 0.805. The summed E-state index contributed by atoms with van der Waals surface area (Å²) >= 11 is 1.45. The van der Waals surface area contributed by atoms with E-state index in [-0.39, 0.29) is 17.8 Å². The molecule has 0 saturated carbocycles. The lowest BCUT2D eigenvalue weighted by atomic mass is 10.1. The van der Waals surface area contributed by atoms with Crippen molar-refractivity contribution in [1.29, 1.82) is 0 Å². The number of aromatic nitrogens is 1. The Hall–Kier alpha value is -1.86. The van der Waals surface area contributed by atoms with Crippen LogP contribution in [0.5, 0.6) is 0 Å². The second-order valence-electron chi connectivity index (χ2n) is 4.96. The number of hydrogen-bond donors (Lipinski definition) is 1. The van der Waals surface area contributed by atoms with Gasteiger partial charge < -0.3 is 10.6 Å². The number of nitrogens with zero attached hydrogens (tertiary/aromatic N) is 2. The lowest BCUT2D eigenvalue weighted by molar-refractivity contribution is -0.119. The summed E-state index contributed by atoms with van der Waals surface area (Å²) < 4.78 is 27.3. The monoisotopic (exact) mass is 309 g/mol. The Balaban J connectivity index is 2.05. The van der Waals surface area contributed by atoms with Gasteiger partial charge >= 0.3 is 0 Å². The second kappa shape index (κ2) is 4.85. The van der Waals surface area contributed by atoms with Crippen molar-refractivity contribution in [2.75, 3.05) is 4.90 Å². The molecule has 7 heteroatoms. The number of carbonyl (C=O) groups excluding carboxylic acids is 1. The lowest BCUT2D eigenvalue weighted by Crippen LogP contribution is -2.31. The molecule has 21 heavy (non-hydrogen) atoms. The van der Waals surface area contributed by atoms with Crippen molar-refractivity contribution in [2.24, 2.45) is 5.73 Å². The summed E-state index contributed by atoms with van der Waals surface area (Å²) in [6.07, 6.45) is 0. The maximum absolute atomic E-state index is 13.9. The van der Waals surface area contributed by atoms with Gasteiger partial charge in [-0.3, -0.25) is 4.79 Å². The van der Waals surface area contributed by atoms with Gasteiger partial charge in [0.1, 0.15) is 17.7 Å². The summed E-state index contributed by atoms with van der Waals surface area (Å²) in [5.41, 5.74) is 6.83. The Bertz CT molecular complexity index is 744. The zero-order valence-electron chi connectivity index (χ0n) is 11.5. The molecule has 0 spiro atoms. The van der Waals surface area contributed by atoms with Crippen molar-refractivity contribution in [2.45, 2.75) is 26.4 Å². The van der Waals surface area contributed by atoms with Crippen LogP contribution in [0, 0.1) is 25.5 Å². The highest BCUT2D eigenvalue weighted by molar-refractivity contribution is 7.11. The number of amides is 1. The van der Waals surface area contributed by atoms with Gasteiger partial charge in [-0.15, -0.1) is 11.3 Å². The van der Waals surface area contributed by atoms with Crippen molar-refractivity contribution < 1.29 is 13.6 Å². The van der Waals surface area contributed by atoms with E-state index in [2.05, 4.69) is 4.98 Å². The zero-order valence-corrected chi connectivity index (χ0v) is 12.3. The largest absolute Gasteiger partial charge is 0.316 e. The maximum Gasteiger partial charge on any atom is 0.249 e. The number of halogens is 2. The molecule has 110 valence electrons. The van der Waals surface area contributed by atoms with E-state index in [1.165, 1.54) is 16.2 Å². The first kappa shape index (κ1) is 14.1. The van der Waals surface area contributed by atoms with Crippen LogP contribution in [0.25, 0.3) is 0 Å². The van der Waals surface area contributed by atoms with Crippen LogP contribution in [-0.2, 0) is 11.3 Å². The Labute approximate surface area is 124 Å². The molecule has 0 bridgehead atoms. The van der Waals surface area contributed by atoms with E-state index in [4.69, 9.17) is 5.73 Å². The average molecular weight is 309 g/mol. The molecule has 0 aliphatic carbocycles. The van der Waals surface area contributed by atoms with Crippen LogP contribution in [0.15, 0.2) is 12.1 Å². The van der Waals surface area contributed by atoms with Gasteiger partial charge in [-0.1, -0.05) is 0 Å². The zero-order chi connectivity index (χ0) is 15.3. The number of aryl methyl sites for hydroxylation is 2. The highest BCUT2D eigenvalue weighted by atomic mass is 32.1. The Morgan fingerprint density at radius 2 is 2.10 bits per heavy atom. The number of hydrogen-bond acceptors (Lipinski definition) is 4. The topological polar surface area (TPSA) is 59.2 Å². The van der Waals surface area contributed by atoms with Crippen LogP contribution in [0.1, 0.15) is 27.2 Å². The minimum absolute atomic E-state index is 0.0558. The Morgan fingerprint density at radius 1 is 1.38 bits per heavy atom. The molecule has 4 nitrogen and oxygen atoms in total. The molecular formula is C14H13F2N3OS. The standard InChI is InChI=1S/C14H13F2N3OS/c1-6-11(21-7(2)18-6)5-19-10-4-8(15)3-9(16)12(10)13(17)14(19)20/h3-4,13H,5,17H2,1-2H3. The maximum atomic E-state index is 13.9. The third-order valence-electron chi connectivity index (χ3n) is 3.51. The third-order valence-corrected chi connectivity index (χ3v) is 4.57. The van der Waals surface area contributed by atoms with E-state index in [0.29, 0.717) is 0 Å². The lowest BCUT2D eigenvalue weighted by Gasteiger charge is -2.17. The highest BCUT2D eigenvalue weighted by Gasteiger charge is 2.38. The number of benzene rings is 1. The summed E-state index contributed by atoms with van der Waals surface area (Å²) in [5.74, 6) is -1.94. The molecule has 1 aliphatic heterocycles. The molecule has 0 radical (unpaired) electrons. The average Bonchev–Trinajstić information content (AvgIpc) is 2.82. The summed E-state index contributed by atoms with van der Waals surface area (Å²) in [7, 11) is 0. The van der Waals surface area contributed by atoms with E-state index < -0.39 is 23.6 Å². The van der Waals surface area contributed by atoms with E-state index >= 15 is 0 Å². The molecule has 1 amide bonds. The van der Waals surface area contributed by atoms with Gasteiger partial charge in [-0.05, 0) is 19.9 Å². The number of rotatable bonds is 2. The Kier molecular flexibility index (Phi) is 3.26. The van der Waals surface area contributed by atoms with Crippen molar-refractivity contribution >= 4 is 22.9 Å². The molecule has 1 aromatic carbocycles. The van der Waals surface area contributed by atoms with Gasteiger partial charge in [0, 0.05) is 16.5 Å².